The molecule has 3 nitrogen and oxygen atoms in total. The zero-order valence-electron chi connectivity index (χ0n) is 11.0. The molecule has 0 N–H and O–H groups in total. The van der Waals surface area contributed by atoms with Gasteiger partial charge in [0.1, 0.15) is 11.8 Å². The van der Waals surface area contributed by atoms with Crippen molar-refractivity contribution in [1.82, 2.24) is 9.55 Å². The summed E-state index contributed by atoms with van der Waals surface area (Å²) in [6.07, 6.45) is 3.60. The summed E-state index contributed by atoms with van der Waals surface area (Å²) < 4.78 is 2.07. The van der Waals surface area contributed by atoms with Crippen molar-refractivity contribution in [3.63, 3.8) is 0 Å². The van der Waals surface area contributed by atoms with Gasteiger partial charge in [0, 0.05) is 23.5 Å². The molecule has 0 aromatic carbocycles. The number of nitriles is 1. The molecule has 0 aliphatic rings. The zero-order chi connectivity index (χ0) is 13.2. The topological polar surface area (TPSA) is 41.6 Å². The standard InChI is InChI=1S/C15H17N3/c1-15(2,3)14-7-6-13(9-16)18(14)11-12-5-4-8-17-10-12/h4-8,10H,11H2,1-3H3. The van der Waals surface area contributed by atoms with E-state index in [1.54, 1.807) is 6.20 Å². The monoisotopic (exact) mass is 239 g/mol. The van der Waals surface area contributed by atoms with Crippen LogP contribution in [0.25, 0.3) is 0 Å². The third kappa shape index (κ3) is 2.43. The Labute approximate surface area is 108 Å². The van der Waals surface area contributed by atoms with Crippen molar-refractivity contribution in [2.45, 2.75) is 32.7 Å². The lowest BCUT2D eigenvalue weighted by Crippen LogP contribution is -2.19. The van der Waals surface area contributed by atoms with Gasteiger partial charge in [0.05, 0.1) is 6.54 Å². The van der Waals surface area contributed by atoms with Gasteiger partial charge in [-0.1, -0.05) is 26.8 Å². The normalized spacial score (nSPS) is 11.2. The fourth-order valence-electron chi connectivity index (χ4n) is 2.06. The van der Waals surface area contributed by atoms with E-state index in [9.17, 15) is 5.26 Å². The minimum Gasteiger partial charge on any atom is -0.332 e. The van der Waals surface area contributed by atoms with Crippen molar-refractivity contribution in [2.75, 3.05) is 0 Å². The van der Waals surface area contributed by atoms with Crippen molar-refractivity contribution < 1.29 is 0 Å². The van der Waals surface area contributed by atoms with Gasteiger partial charge in [-0.25, -0.2) is 0 Å². The van der Waals surface area contributed by atoms with Crippen LogP contribution >= 0.6 is 0 Å². The largest absolute Gasteiger partial charge is 0.332 e. The molecule has 2 rings (SSSR count). The van der Waals surface area contributed by atoms with Gasteiger partial charge in [-0.3, -0.25) is 4.98 Å². The van der Waals surface area contributed by atoms with Crippen LogP contribution in [0.15, 0.2) is 36.7 Å². The van der Waals surface area contributed by atoms with Crippen LogP contribution in [0, 0.1) is 11.3 Å². The summed E-state index contributed by atoms with van der Waals surface area (Å²) in [6, 6.07) is 10.1. The lowest BCUT2D eigenvalue weighted by Gasteiger charge is -2.22. The van der Waals surface area contributed by atoms with Gasteiger partial charge in [-0.2, -0.15) is 5.26 Å². The van der Waals surface area contributed by atoms with E-state index in [-0.39, 0.29) is 5.41 Å². The molecule has 2 aromatic rings. The first kappa shape index (κ1) is 12.4. The highest BCUT2D eigenvalue weighted by atomic mass is 15.0. The molecule has 0 saturated heterocycles. The van der Waals surface area contributed by atoms with Crippen molar-refractivity contribution in [1.29, 1.82) is 5.26 Å². The molecule has 0 unspecified atom stereocenters. The van der Waals surface area contributed by atoms with E-state index in [0.29, 0.717) is 12.2 Å². The summed E-state index contributed by atoms with van der Waals surface area (Å²) in [4.78, 5) is 4.12. The smallest absolute Gasteiger partial charge is 0.120 e. The molecule has 0 amide bonds. The Morgan fingerprint density at radius 2 is 2.06 bits per heavy atom. The molecule has 0 aliphatic carbocycles. The van der Waals surface area contributed by atoms with Crippen LogP contribution in [0.1, 0.15) is 37.7 Å². The van der Waals surface area contributed by atoms with Crippen LogP contribution in [-0.2, 0) is 12.0 Å². The van der Waals surface area contributed by atoms with Crippen LogP contribution in [0.5, 0.6) is 0 Å². The molecule has 0 spiro atoms. The van der Waals surface area contributed by atoms with Crippen molar-refractivity contribution in [2.24, 2.45) is 0 Å². The second kappa shape index (κ2) is 4.66. The first-order valence-corrected chi connectivity index (χ1v) is 6.01. The van der Waals surface area contributed by atoms with Crippen LogP contribution in [0.4, 0.5) is 0 Å². The quantitative estimate of drug-likeness (QED) is 0.808. The summed E-state index contributed by atoms with van der Waals surface area (Å²) >= 11 is 0. The van der Waals surface area contributed by atoms with Crippen LogP contribution in [-0.4, -0.2) is 9.55 Å². The van der Waals surface area contributed by atoms with Gasteiger partial charge in [-0.05, 0) is 23.8 Å². The molecule has 0 radical (unpaired) electrons. The lowest BCUT2D eigenvalue weighted by molar-refractivity contribution is 0.529. The minimum absolute atomic E-state index is 0.0251. The summed E-state index contributed by atoms with van der Waals surface area (Å²) in [5, 5.41) is 9.19. The Kier molecular flexibility index (Phi) is 3.20. The number of nitrogens with zero attached hydrogens (tertiary/aromatic N) is 3. The number of hydrogen-bond donors (Lipinski definition) is 0. The average Bonchev–Trinajstić information content (AvgIpc) is 2.73. The molecule has 2 aromatic heterocycles. The molecule has 0 bridgehead atoms. The predicted molar refractivity (Wildman–Crippen MR) is 71.2 cm³/mol. The molecule has 0 saturated carbocycles. The Morgan fingerprint density at radius 1 is 1.28 bits per heavy atom. The van der Waals surface area contributed by atoms with E-state index >= 15 is 0 Å². The van der Waals surface area contributed by atoms with E-state index in [1.165, 1.54) is 5.69 Å². The van der Waals surface area contributed by atoms with Gasteiger partial charge in [0.15, 0.2) is 0 Å². The maximum Gasteiger partial charge on any atom is 0.120 e. The highest BCUT2D eigenvalue weighted by Crippen LogP contribution is 2.25. The molecule has 3 heteroatoms. The highest BCUT2D eigenvalue weighted by Gasteiger charge is 2.20. The van der Waals surface area contributed by atoms with Gasteiger partial charge in [0.25, 0.3) is 0 Å². The fourth-order valence-corrected chi connectivity index (χ4v) is 2.06. The Bertz CT molecular complexity index is 568. The number of aromatic nitrogens is 2. The summed E-state index contributed by atoms with van der Waals surface area (Å²) in [5.41, 5.74) is 3.00. The maximum absolute atomic E-state index is 9.19. The second-order valence-corrected chi connectivity index (χ2v) is 5.41. The third-order valence-electron chi connectivity index (χ3n) is 2.93. The number of hydrogen-bond acceptors (Lipinski definition) is 2. The Balaban J connectivity index is 2.43. The average molecular weight is 239 g/mol. The Morgan fingerprint density at radius 3 is 2.61 bits per heavy atom. The maximum atomic E-state index is 9.19. The molecule has 92 valence electrons. The molecular formula is C15H17N3. The van der Waals surface area contributed by atoms with Crippen LogP contribution in [0.2, 0.25) is 0 Å². The van der Waals surface area contributed by atoms with Gasteiger partial charge in [0.2, 0.25) is 0 Å². The summed E-state index contributed by atoms with van der Waals surface area (Å²) in [6.45, 7) is 7.16. The third-order valence-corrected chi connectivity index (χ3v) is 2.93. The minimum atomic E-state index is 0.0251. The van der Waals surface area contributed by atoms with Gasteiger partial charge < -0.3 is 4.57 Å². The lowest BCUT2D eigenvalue weighted by atomic mass is 9.92. The van der Waals surface area contributed by atoms with E-state index in [2.05, 4.69) is 36.4 Å². The SMILES string of the molecule is CC(C)(C)c1ccc(C#N)n1Cc1cccnc1. The molecule has 0 aliphatic heterocycles. The Hall–Kier alpha value is -2.08. The van der Waals surface area contributed by atoms with Crippen LogP contribution < -0.4 is 0 Å². The predicted octanol–water partition coefficient (Wildman–Crippen LogP) is 3.10. The highest BCUT2D eigenvalue weighted by molar-refractivity contribution is 5.31. The molecule has 18 heavy (non-hydrogen) atoms. The molecule has 0 fully saturated rings. The van der Waals surface area contributed by atoms with E-state index < -0.39 is 0 Å². The van der Waals surface area contributed by atoms with Crippen molar-refractivity contribution in [3.05, 3.63) is 53.6 Å². The molecular weight excluding hydrogens is 222 g/mol. The summed E-state index contributed by atoms with van der Waals surface area (Å²) in [5.74, 6) is 0. The molecule has 0 atom stereocenters. The van der Waals surface area contributed by atoms with E-state index in [0.717, 1.165) is 5.56 Å². The first-order valence-electron chi connectivity index (χ1n) is 6.01. The number of rotatable bonds is 2. The van der Waals surface area contributed by atoms with Gasteiger partial charge >= 0.3 is 0 Å². The van der Waals surface area contributed by atoms with E-state index in [1.807, 2.05) is 30.5 Å². The van der Waals surface area contributed by atoms with Crippen molar-refractivity contribution in [3.8, 4) is 6.07 Å². The first-order chi connectivity index (χ1) is 8.52. The van der Waals surface area contributed by atoms with E-state index in [4.69, 9.17) is 0 Å². The molecule has 2 heterocycles. The zero-order valence-corrected chi connectivity index (χ0v) is 11.0. The fraction of sp³-hybridized carbons (Fsp3) is 0.333. The second-order valence-electron chi connectivity index (χ2n) is 5.41. The van der Waals surface area contributed by atoms with Crippen molar-refractivity contribution >= 4 is 0 Å². The summed E-state index contributed by atoms with van der Waals surface area (Å²) in [7, 11) is 0. The van der Waals surface area contributed by atoms with Gasteiger partial charge in [-0.15, -0.1) is 0 Å². The van der Waals surface area contributed by atoms with Crippen LogP contribution in [0.3, 0.4) is 0 Å². The number of pyridine rings is 1.